The number of carboxylic acid groups (broad SMARTS) is 1. The van der Waals surface area contributed by atoms with Crippen molar-refractivity contribution in [2.24, 2.45) is 0 Å². The standard InChI is InChI=1S/C16H14FN3O5S/c1-20-13(16(22)23)14(21)11-12(18)9(7-19-15(11)26(20,24)25)6-8-2-4-10(17)5-3-8/h2-5,7,21H,6H2,1H3,(H2,18,19)(H,22,23). The summed E-state index contributed by atoms with van der Waals surface area (Å²) in [6, 6.07) is 5.57. The van der Waals surface area contributed by atoms with Crippen molar-refractivity contribution in [2.75, 3.05) is 12.8 Å². The van der Waals surface area contributed by atoms with E-state index in [0.29, 0.717) is 15.4 Å². The lowest BCUT2D eigenvalue weighted by Gasteiger charge is -2.27. The summed E-state index contributed by atoms with van der Waals surface area (Å²) < 4.78 is 38.4. The third kappa shape index (κ3) is 2.64. The summed E-state index contributed by atoms with van der Waals surface area (Å²) in [6.07, 6.45) is 1.43. The highest BCUT2D eigenvalue weighted by Gasteiger charge is 2.40. The molecule has 0 radical (unpaired) electrons. The Balaban J connectivity index is 2.19. The number of anilines is 1. The minimum atomic E-state index is -4.27. The molecule has 1 aromatic carbocycles. The topological polar surface area (TPSA) is 134 Å². The van der Waals surface area contributed by atoms with Crippen molar-refractivity contribution in [3.05, 3.63) is 58.7 Å². The molecule has 2 aromatic rings. The first-order valence-corrected chi connectivity index (χ1v) is 8.76. The number of nitrogens with zero attached hydrogens (tertiary/aromatic N) is 2. The first kappa shape index (κ1) is 17.7. The summed E-state index contributed by atoms with van der Waals surface area (Å²) in [5.74, 6) is -2.82. The monoisotopic (exact) mass is 379 g/mol. The van der Waals surface area contributed by atoms with E-state index in [1.807, 2.05) is 0 Å². The molecular formula is C16H14FN3O5S. The van der Waals surface area contributed by atoms with Crippen LogP contribution in [0.4, 0.5) is 10.1 Å². The Bertz CT molecular complexity index is 1050. The number of nitrogen functional groups attached to an aromatic ring is 1. The minimum Gasteiger partial charge on any atom is -0.505 e. The van der Waals surface area contributed by atoms with E-state index in [0.717, 1.165) is 7.05 Å². The Labute approximate surface area is 148 Å². The van der Waals surface area contributed by atoms with Gasteiger partial charge >= 0.3 is 5.97 Å². The molecule has 0 fully saturated rings. The largest absolute Gasteiger partial charge is 0.505 e. The fourth-order valence-corrected chi connectivity index (χ4v) is 4.00. The van der Waals surface area contributed by atoms with Crippen LogP contribution in [0, 0.1) is 5.82 Å². The molecule has 2 heterocycles. The zero-order chi connectivity index (χ0) is 19.2. The molecule has 8 nitrogen and oxygen atoms in total. The fraction of sp³-hybridized carbons (Fsp3) is 0.125. The second-order valence-corrected chi connectivity index (χ2v) is 7.54. The molecule has 136 valence electrons. The van der Waals surface area contributed by atoms with Gasteiger partial charge in [0.25, 0.3) is 10.0 Å². The van der Waals surface area contributed by atoms with Crippen molar-refractivity contribution in [3.63, 3.8) is 0 Å². The molecule has 0 amide bonds. The van der Waals surface area contributed by atoms with Gasteiger partial charge in [0.05, 0.1) is 11.3 Å². The van der Waals surface area contributed by atoms with Gasteiger partial charge in [0, 0.05) is 19.7 Å². The Hall–Kier alpha value is -3.14. The highest BCUT2D eigenvalue weighted by atomic mass is 32.2. The third-order valence-electron chi connectivity index (χ3n) is 4.06. The number of nitrogens with two attached hydrogens (primary N) is 1. The van der Waals surface area contributed by atoms with Crippen molar-refractivity contribution in [3.8, 4) is 0 Å². The number of carbonyl (C=O) groups is 1. The van der Waals surface area contributed by atoms with Crippen LogP contribution in [-0.4, -0.2) is 40.9 Å². The Morgan fingerprint density at radius 2 is 1.92 bits per heavy atom. The van der Waals surface area contributed by atoms with E-state index < -0.39 is 38.3 Å². The van der Waals surface area contributed by atoms with Gasteiger partial charge in [0.1, 0.15) is 5.82 Å². The summed E-state index contributed by atoms with van der Waals surface area (Å²) in [5, 5.41) is 19.0. The van der Waals surface area contributed by atoms with E-state index in [2.05, 4.69) is 4.98 Å². The summed E-state index contributed by atoms with van der Waals surface area (Å²) in [5.41, 5.74) is 5.80. The van der Waals surface area contributed by atoms with Crippen LogP contribution in [0.25, 0.3) is 5.76 Å². The highest BCUT2D eigenvalue weighted by Crippen LogP contribution is 2.38. The van der Waals surface area contributed by atoms with Crippen molar-refractivity contribution >= 4 is 27.4 Å². The number of benzene rings is 1. The quantitative estimate of drug-likeness (QED) is 0.732. The number of carboxylic acids is 1. The normalized spacial score (nSPS) is 15.7. The lowest BCUT2D eigenvalue weighted by Crippen LogP contribution is -2.36. The van der Waals surface area contributed by atoms with Gasteiger partial charge < -0.3 is 15.9 Å². The minimum absolute atomic E-state index is 0.104. The molecule has 0 atom stereocenters. The summed E-state index contributed by atoms with van der Waals surface area (Å²) in [6.45, 7) is 0. The van der Waals surface area contributed by atoms with Crippen LogP contribution in [0.15, 0.2) is 41.2 Å². The molecule has 1 aromatic heterocycles. The Kier molecular flexibility index (Phi) is 4.07. The lowest BCUT2D eigenvalue weighted by molar-refractivity contribution is -0.133. The van der Waals surface area contributed by atoms with Gasteiger partial charge in [0.15, 0.2) is 16.5 Å². The lowest BCUT2D eigenvalue weighted by atomic mass is 10.0. The molecule has 26 heavy (non-hydrogen) atoms. The maximum atomic E-state index is 13.0. The number of hydrogen-bond acceptors (Lipinski definition) is 6. The fourth-order valence-electron chi connectivity index (χ4n) is 2.69. The van der Waals surface area contributed by atoms with Crippen molar-refractivity contribution in [1.82, 2.24) is 9.29 Å². The number of aliphatic hydroxyl groups is 1. The van der Waals surface area contributed by atoms with Crippen LogP contribution in [0.3, 0.4) is 0 Å². The summed E-state index contributed by atoms with van der Waals surface area (Å²) in [4.78, 5) is 15.2. The molecular weight excluding hydrogens is 365 g/mol. The van der Waals surface area contributed by atoms with E-state index in [1.54, 1.807) is 0 Å². The van der Waals surface area contributed by atoms with Gasteiger partial charge in [-0.25, -0.2) is 14.2 Å². The Morgan fingerprint density at radius 3 is 2.50 bits per heavy atom. The molecule has 0 unspecified atom stereocenters. The molecule has 10 heteroatoms. The first-order valence-electron chi connectivity index (χ1n) is 7.32. The number of hydrogen-bond donors (Lipinski definition) is 3. The molecule has 3 rings (SSSR count). The Morgan fingerprint density at radius 1 is 1.31 bits per heavy atom. The number of fused-ring (bicyclic) bond motifs is 1. The van der Waals surface area contributed by atoms with Crippen molar-refractivity contribution in [2.45, 2.75) is 11.4 Å². The number of pyridine rings is 1. The smallest absolute Gasteiger partial charge is 0.357 e. The molecule has 0 saturated heterocycles. The summed E-state index contributed by atoms with van der Waals surface area (Å²) >= 11 is 0. The van der Waals surface area contributed by atoms with E-state index in [-0.39, 0.29) is 17.7 Å². The van der Waals surface area contributed by atoms with E-state index in [9.17, 15) is 27.8 Å². The van der Waals surface area contributed by atoms with Crippen molar-refractivity contribution in [1.29, 1.82) is 0 Å². The van der Waals surface area contributed by atoms with Crippen LogP contribution >= 0.6 is 0 Å². The number of rotatable bonds is 3. The maximum absolute atomic E-state index is 13.0. The summed E-state index contributed by atoms with van der Waals surface area (Å²) in [7, 11) is -3.27. The van der Waals surface area contributed by atoms with Crippen LogP contribution in [0.1, 0.15) is 16.7 Å². The predicted octanol–water partition coefficient (Wildman–Crippen LogP) is 1.34. The van der Waals surface area contributed by atoms with Crippen molar-refractivity contribution < 1.29 is 27.8 Å². The molecule has 0 spiro atoms. The van der Waals surface area contributed by atoms with Gasteiger partial charge in [-0.05, 0) is 23.3 Å². The second kappa shape index (κ2) is 5.99. The van der Waals surface area contributed by atoms with Gasteiger partial charge in [-0.3, -0.25) is 4.31 Å². The second-order valence-electron chi connectivity index (χ2n) is 5.66. The molecule has 1 aliphatic rings. The van der Waals surface area contributed by atoms with Gasteiger partial charge in [-0.2, -0.15) is 8.42 Å². The highest BCUT2D eigenvalue weighted by molar-refractivity contribution is 7.89. The first-order chi connectivity index (χ1) is 12.1. The van der Waals surface area contributed by atoms with Gasteiger partial charge in [0.2, 0.25) is 0 Å². The van der Waals surface area contributed by atoms with E-state index >= 15 is 0 Å². The number of likely N-dealkylation sites (N-methyl/N-ethyl adjacent to an activating group) is 1. The number of halogens is 1. The number of aliphatic carboxylic acids is 1. The van der Waals surface area contributed by atoms with E-state index in [4.69, 9.17) is 5.73 Å². The molecule has 0 bridgehead atoms. The maximum Gasteiger partial charge on any atom is 0.357 e. The van der Waals surface area contributed by atoms with Crippen LogP contribution in [0.2, 0.25) is 0 Å². The molecule has 1 aliphatic heterocycles. The SMILES string of the molecule is CN1C(C(=O)O)=C(O)c2c(ncc(Cc3ccc(F)cc3)c2N)S1(=O)=O. The zero-order valence-corrected chi connectivity index (χ0v) is 14.3. The average molecular weight is 379 g/mol. The molecule has 4 N–H and O–H groups in total. The van der Waals surface area contributed by atoms with Gasteiger partial charge in [-0.15, -0.1) is 0 Å². The molecule has 0 saturated carbocycles. The van der Waals surface area contributed by atoms with Gasteiger partial charge in [-0.1, -0.05) is 12.1 Å². The van der Waals surface area contributed by atoms with E-state index in [1.165, 1.54) is 30.5 Å². The molecule has 0 aliphatic carbocycles. The van der Waals surface area contributed by atoms with Crippen LogP contribution in [0.5, 0.6) is 0 Å². The zero-order valence-electron chi connectivity index (χ0n) is 13.5. The predicted molar refractivity (Wildman–Crippen MR) is 90.0 cm³/mol. The number of aromatic nitrogens is 1. The van der Waals surface area contributed by atoms with Crippen LogP contribution < -0.4 is 5.73 Å². The average Bonchev–Trinajstić information content (AvgIpc) is 2.56. The number of aliphatic hydroxyl groups excluding tert-OH is 1. The third-order valence-corrected chi connectivity index (χ3v) is 5.76. The van der Waals surface area contributed by atoms with Crippen LogP contribution in [-0.2, 0) is 21.2 Å². The number of sulfonamides is 1.